The molecule has 0 saturated carbocycles. The molecule has 0 atom stereocenters. The highest BCUT2D eigenvalue weighted by molar-refractivity contribution is 5.92. The lowest BCUT2D eigenvalue weighted by atomic mass is 10.1. The van der Waals surface area contributed by atoms with Crippen LogP contribution >= 0.6 is 0 Å². The molecular weight excluding hydrogens is 338 g/mol. The van der Waals surface area contributed by atoms with Gasteiger partial charge in [-0.2, -0.15) is 0 Å². The molecule has 3 rings (SSSR count). The van der Waals surface area contributed by atoms with Crippen LogP contribution in [0.4, 0.5) is 5.82 Å². The standard InChI is InChI=1S/C21H23N5O/c1-16-3-5-18(6-4-16)15-23-21(27)19-7-8-20(25-24-19)26(2)14-11-17-9-12-22-13-10-17/h3-10,12-13H,11,14-15H2,1-2H3,(H,23,27). The predicted molar refractivity (Wildman–Crippen MR) is 106 cm³/mol. The van der Waals surface area contributed by atoms with E-state index in [2.05, 4.69) is 20.5 Å². The lowest BCUT2D eigenvalue weighted by Crippen LogP contribution is -2.25. The number of hydrogen-bond donors (Lipinski definition) is 1. The third-order valence-corrected chi connectivity index (χ3v) is 4.33. The first-order valence-corrected chi connectivity index (χ1v) is 8.89. The van der Waals surface area contributed by atoms with Crippen molar-refractivity contribution in [3.8, 4) is 0 Å². The first-order chi connectivity index (χ1) is 13.1. The lowest BCUT2D eigenvalue weighted by Gasteiger charge is -2.17. The van der Waals surface area contributed by atoms with E-state index in [1.54, 1.807) is 18.5 Å². The number of anilines is 1. The summed E-state index contributed by atoms with van der Waals surface area (Å²) in [5.74, 6) is 0.508. The van der Waals surface area contributed by atoms with Gasteiger partial charge in [0, 0.05) is 32.5 Å². The molecule has 3 aromatic rings. The molecule has 2 heterocycles. The largest absolute Gasteiger partial charge is 0.358 e. The van der Waals surface area contributed by atoms with Crippen LogP contribution in [-0.4, -0.2) is 34.7 Å². The maximum Gasteiger partial charge on any atom is 0.272 e. The van der Waals surface area contributed by atoms with Crippen LogP contribution in [0.15, 0.2) is 60.9 Å². The Hall–Kier alpha value is -3.28. The van der Waals surface area contributed by atoms with E-state index >= 15 is 0 Å². The highest BCUT2D eigenvalue weighted by Crippen LogP contribution is 2.09. The molecular formula is C21H23N5O. The van der Waals surface area contributed by atoms with Gasteiger partial charge in [0.1, 0.15) is 0 Å². The fourth-order valence-electron chi connectivity index (χ4n) is 2.59. The van der Waals surface area contributed by atoms with Gasteiger partial charge >= 0.3 is 0 Å². The molecule has 6 nitrogen and oxygen atoms in total. The number of aromatic nitrogens is 3. The zero-order chi connectivity index (χ0) is 19.1. The van der Waals surface area contributed by atoms with Crippen LogP contribution in [0.1, 0.15) is 27.2 Å². The topological polar surface area (TPSA) is 71.0 Å². The molecule has 0 aliphatic heterocycles. The number of carbonyl (C=O) groups excluding carboxylic acids is 1. The van der Waals surface area contributed by atoms with Gasteiger partial charge in [0.25, 0.3) is 5.91 Å². The average Bonchev–Trinajstić information content (AvgIpc) is 2.72. The molecule has 0 aliphatic rings. The second-order valence-corrected chi connectivity index (χ2v) is 6.47. The zero-order valence-corrected chi connectivity index (χ0v) is 15.6. The van der Waals surface area contributed by atoms with Gasteiger partial charge in [0.2, 0.25) is 0 Å². The minimum absolute atomic E-state index is 0.228. The summed E-state index contributed by atoms with van der Waals surface area (Å²) < 4.78 is 0. The number of nitrogens with one attached hydrogen (secondary N) is 1. The van der Waals surface area contributed by atoms with E-state index in [0.29, 0.717) is 12.2 Å². The first kappa shape index (κ1) is 18.5. The van der Waals surface area contributed by atoms with E-state index in [4.69, 9.17) is 0 Å². The van der Waals surface area contributed by atoms with Crippen molar-refractivity contribution in [1.82, 2.24) is 20.5 Å². The molecule has 0 bridgehead atoms. The van der Waals surface area contributed by atoms with Crippen molar-refractivity contribution >= 4 is 11.7 Å². The van der Waals surface area contributed by atoms with Gasteiger partial charge in [-0.25, -0.2) is 0 Å². The Morgan fingerprint density at radius 3 is 2.37 bits per heavy atom. The number of nitrogens with zero attached hydrogens (tertiary/aromatic N) is 4. The predicted octanol–water partition coefficient (Wildman–Crippen LogP) is 2.79. The molecule has 0 radical (unpaired) electrons. The number of amides is 1. The third kappa shape index (κ3) is 5.34. The summed E-state index contributed by atoms with van der Waals surface area (Å²) in [4.78, 5) is 18.3. The highest BCUT2D eigenvalue weighted by atomic mass is 16.1. The molecule has 1 N–H and O–H groups in total. The summed E-state index contributed by atoms with van der Waals surface area (Å²) in [6.07, 6.45) is 4.47. The van der Waals surface area contributed by atoms with Crippen molar-refractivity contribution in [3.63, 3.8) is 0 Å². The van der Waals surface area contributed by atoms with Gasteiger partial charge in [-0.1, -0.05) is 29.8 Å². The van der Waals surface area contributed by atoms with Crippen LogP contribution in [0.5, 0.6) is 0 Å². The second-order valence-electron chi connectivity index (χ2n) is 6.47. The van der Waals surface area contributed by atoms with E-state index in [1.165, 1.54) is 11.1 Å². The number of rotatable bonds is 7. The van der Waals surface area contributed by atoms with Crippen molar-refractivity contribution in [2.45, 2.75) is 19.9 Å². The monoisotopic (exact) mass is 361 g/mol. The summed E-state index contributed by atoms with van der Waals surface area (Å²) in [5.41, 5.74) is 3.78. The number of carbonyl (C=O) groups is 1. The first-order valence-electron chi connectivity index (χ1n) is 8.89. The quantitative estimate of drug-likeness (QED) is 0.701. The van der Waals surface area contributed by atoms with Crippen LogP contribution in [0.2, 0.25) is 0 Å². The minimum Gasteiger partial charge on any atom is -0.358 e. The SMILES string of the molecule is Cc1ccc(CNC(=O)c2ccc(N(C)CCc3ccncc3)nn2)cc1. The van der Waals surface area contributed by atoms with E-state index in [1.807, 2.05) is 61.3 Å². The Morgan fingerprint density at radius 2 is 1.70 bits per heavy atom. The smallest absolute Gasteiger partial charge is 0.272 e. The Kier molecular flexibility index (Phi) is 6.10. The number of pyridine rings is 1. The van der Waals surface area contributed by atoms with Crippen molar-refractivity contribution in [2.75, 3.05) is 18.5 Å². The molecule has 2 aromatic heterocycles. The van der Waals surface area contributed by atoms with Crippen LogP contribution in [-0.2, 0) is 13.0 Å². The normalized spacial score (nSPS) is 10.4. The van der Waals surface area contributed by atoms with E-state index in [9.17, 15) is 4.79 Å². The van der Waals surface area contributed by atoms with E-state index < -0.39 is 0 Å². The maximum atomic E-state index is 12.2. The van der Waals surface area contributed by atoms with Crippen LogP contribution in [0, 0.1) is 6.92 Å². The van der Waals surface area contributed by atoms with Crippen molar-refractivity contribution in [2.24, 2.45) is 0 Å². The molecule has 0 fully saturated rings. The molecule has 6 heteroatoms. The molecule has 0 aliphatic carbocycles. The molecule has 1 aromatic carbocycles. The zero-order valence-electron chi connectivity index (χ0n) is 15.6. The third-order valence-electron chi connectivity index (χ3n) is 4.33. The highest BCUT2D eigenvalue weighted by Gasteiger charge is 2.10. The van der Waals surface area contributed by atoms with Gasteiger partial charge in [-0.3, -0.25) is 9.78 Å². The Morgan fingerprint density at radius 1 is 0.963 bits per heavy atom. The van der Waals surface area contributed by atoms with Crippen LogP contribution in [0.3, 0.4) is 0 Å². The van der Waals surface area contributed by atoms with Gasteiger partial charge in [0.15, 0.2) is 11.5 Å². The number of benzene rings is 1. The summed E-state index contributed by atoms with van der Waals surface area (Å²) in [6.45, 7) is 3.31. The molecule has 27 heavy (non-hydrogen) atoms. The molecule has 138 valence electrons. The van der Waals surface area contributed by atoms with Gasteiger partial charge in [-0.05, 0) is 48.7 Å². The Labute approximate surface area is 159 Å². The molecule has 1 amide bonds. The van der Waals surface area contributed by atoms with Crippen LogP contribution in [0.25, 0.3) is 0 Å². The fourth-order valence-corrected chi connectivity index (χ4v) is 2.59. The van der Waals surface area contributed by atoms with E-state index in [-0.39, 0.29) is 5.91 Å². The molecule has 0 spiro atoms. The summed E-state index contributed by atoms with van der Waals surface area (Å²) >= 11 is 0. The maximum absolute atomic E-state index is 12.2. The molecule has 0 unspecified atom stereocenters. The lowest BCUT2D eigenvalue weighted by molar-refractivity contribution is 0.0945. The average molecular weight is 361 g/mol. The van der Waals surface area contributed by atoms with Gasteiger partial charge < -0.3 is 10.2 Å². The van der Waals surface area contributed by atoms with Crippen molar-refractivity contribution in [1.29, 1.82) is 0 Å². The summed E-state index contributed by atoms with van der Waals surface area (Å²) in [7, 11) is 1.96. The van der Waals surface area contributed by atoms with Crippen LogP contribution < -0.4 is 10.2 Å². The Balaban J connectivity index is 1.52. The summed E-state index contributed by atoms with van der Waals surface area (Å²) in [5, 5.41) is 11.1. The fraction of sp³-hybridized carbons (Fsp3) is 0.238. The Bertz CT molecular complexity index is 863. The second kappa shape index (κ2) is 8.89. The van der Waals surface area contributed by atoms with E-state index in [0.717, 1.165) is 24.3 Å². The van der Waals surface area contributed by atoms with Crippen molar-refractivity contribution < 1.29 is 4.79 Å². The van der Waals surface area contributed by atoms with Crippen molar-refractivity contribution in [3.05, 3.63) is 83.3 Å². The minimum atomic E-state index is -0.228. The number of aryl methyl sites for hydroxylation is 1. The number of likely N-dealkylation sites (N-methyl/N-ethyl adjacent to an activating group) is 1. The number of hydrogen-bond acceptors (Lipinski definition) is 5. The van der Waals surface area contributed by atoms with Gasteiger partial charge in [-0.15, -0.1) is 10.2 Å². The molecule has 0 saturated heterocycles. The summed E-state index contributed by atoms with van der Waals surface area (Å²) in [6, 6.07) is 15.6. The van der Waals surface area contributed by atoms with Gasteiger partial charge in [0.05, 0.1) is 0 Å².